The Labute approximate surface area is 174 Å². The summed E-state index contributed by atoms with van der Waals surface area (Å²) in [6.07, 6.45) is -1.29. The highest BCUT2D eigenvalue weighted by atomic mass is 16.6. The molecular weight excluding hydrogens is 416 g/mol. The number of ether oxygens (including phenoxy) is 2. The van der Waals surface area contributed by atoms with Crippen LogP contribution >= 0.6 is 0 Å². The molecule has 0 amide bonds. The van der Waals surface area contributed by atoms with E-state index in [1.54, 1.807) is 0 Å². The SMILES string of the molecule is COC(=O)C(Cc1ccc(N=Nc2ccc([N+](=O)[O-])cc2[N+](=O)[O-])c(O)c1)OC(C)=O. The van der Waals surface area contributed by atoms with Gasteiger partial charge in [-0.3, -0.25) is 25.0 Å². The van der Waals surface area contributed by atoms with Gasteiger partial charge in [-0.1, -0.05) is 6.07 Å². The van der Waals surface area contributed by atoms with Crippen molar-refractivity contribution in [1.82, 2.24) is 0 Å². The first-order chi connectivity index (χ1) is 14.6. The molecule has 2 aromatic carbocycles. The fraction of sp³-hybridized carbons (Fsp3) is 0.222. The Kier molecular flexibility index (Phi) is 7.28. The summed E-state index contributed by atoms with van der Waals surface area (Å²) in [6.45, 7) is 1.13. The van der Waals surface area contributed by atoms with Gasteiger partial charge in [0, 0.05) is 19.4 Å². The molecule has 1 unspecified atom stereocenters. The molecule has 2 aromatic rings. The van der Waals surface area contributed by atoms with Gasteiger partial charge in [-0.2, -0.15) is 0 Å². The Morgan fingerprint density at radius 2 is 1.71 bits per heavy atom. The van der Waals surface area contributed by atoms with Crippen molar-refractivity contribution in [3.63, 3.8) is 0 Å². The van der Waals surface area contributed by atoms with E-state index in [1.807, 2.05) is 0 Å². The summed E-state index contributed by atoms with van der Waals surface area (Å²) in [6, 6.07) is 6.89. The lowest BCUT2D eigenvalue weighted by atomic mass is 10.1. The standard InChI is InChI=1S/C18H16N4O9/c1-10(23)31-17(18(25)30-2)8-11-3-5-14(16(24)7-11)20-19-13-6-4-12(21(26)27)9-15(13)22(28)29/h3-7,9,17,24H,8H2,1-2H3. The summed E-state index contributed by atoms with van der Waals surface area (Å²) < 4.78 is 9.47. The number of carbonyl (C=O) groups is 2. The molecule has 0 aliphatic rings. The van der Waals surface area contributed by atoms with Gasteiger partial charge in [0.2, 0.25) is 6.10 Å². The van der Waals surface area contributed by atoms with Gasteiger partial charge in [0.05, 0.1) is 23.0 Å². The second-order valence-corrected chi connectivity index (χ2v) is 6.04. The molecule has 0 heterocycles. The molecule has 0 aliphatic heterocycles. The van der Waals surface area contributed by atoms with E-state index in [0.717, 1.165) is 32.2 Å². The van der Waals surface area contributed by atoms with Gasteiger partial charge in [0.25, 0.3) is 5.69 Å². The number of nitro groups is 2. The van der Waals surface area contributed by atoms with Crippen molar-refractivity contribution in [2.75, 3.05) is 7.11 Å². The zero-order valence-electron chi connectivity index (χ0n) is 16.3. The monoisotopic (exact) mass is 432 g/mol. The smallest absolute Gasteiger partial charge is 0.347 e. The molecule has 0 aromatic heterocycles. The molecule has 0 fully saturated rings. The number of phenols is 1. The Bertz CT molecular complexity index is 1070. The number of carbonyl (C=O) groups excluding carboxylic acids is 2. The van der Waals surface area contributed by atoms with E-state index in [1.165, 1.54) is 18.2 Å². The van der Waals surface area contributed by atoms with Crippen LogP contribution in [0.3, 0.4) is 0 Å². The maximum Gasteiger partial charge on any atom is 0.347 e. The highest BCUT2D eigenvalue weighted by Gasteiger charge is 2.23. The largest absolute Gasteiger partial charge is 0.506 e. The van der Waals surface area contributed by atoms with E-state index in [4.69, 9.17) is 4.74 Å². The molecule has 13 heteroatoms. The fourth-order valence-electron chi connectivity index (χ4n) is 2.46. The van der Waals surface area contributed by atoms with Gasteiger partial charge in [0.15, 0.2) is 5.69 Å². The van der Waals surface area contributed by atoms with E-state index < -0.39 is 39.3 Å². The van der Waals surface area contributed by atoms with Crippen LogP contribution in [0.1, 0.15) is 12.5 Å². The quantitative estimate of drug-likeness (QED) is 0.283. The summed E-state index contributed by atoms with van der Waals surface area (Å²) in [5.74, 6) is -1.82. The number of non-ortho nitro benzene ring substituents is 1. The van der Waals surface area contributed by atoms with Crippen molar-refractivity contribution in [2.45, 2.75) is 19.4 Å². The summed E-state index contributed by atoms with van der Waals surface area (Å²) in [4.78, 5) is 43.2. The molecular formula is C18H16N4O9. The second-order valence-electron chi connectivity index (χ2n) is 6.04. The lowest BCUT2D eigenvalue weighted by molar-refractivity contribution is -0.393. The average Bonchev–Trinajstić information content (AvgIpc) is 2.71. The van der Waals surface area contributed by atoms with Gasteiger partial charge in [-0.05, 0) is 23.8 Å². The van der Waals surface area contributed by atoms with Crippen LogP contribution < -0.4 is 0 Å². The number of rotatable bonds is 8. The van der Waals surface area contributed by atoms with Gasteiger partial charge < -0.3 is 14.6 Å². The van der Waals surface area contributed by atoms with Crippen molar-refractivity contribution in [3.05, 3.63) is 62.2 Å². The van der Waals surface area contributed by atoms with Gasteiger partial charge in [0.1, 0.15) is 11.4 Å². The van der Waals surface area contributed by atoms with Crippen molar-refractivity contribution in [2.24, 2.45) is 10.2 Å². The molecule has 31 heavy (non-hydrogen) atoms. The third-order valence-corrected chi connectivity index (χ3v) is 3.87. The predicted octanol–water partition coefficient (Wildman–Crippen LogP) is 3.27. The van der Waals surface area contributed by atoms with Crippen LogP contribution in [0.4, 0.5) is 22.7 Å². The van der Waals surface area contributed by atoms with Crippen LogP contribution in [0.2, 0.25) is 0 Å². The summed E-state index contributed by atoms with van der Waals surface area (Å²) in [5, 5.41) is 39.5. The number of phenolic OH excluding ortho intramolecular Hbond substituents is 1. The topological polar surface area (TPSA) is 184 Å². The Morgan fingerprint density at radius 1 is 1.06 bits per heavy atom. The molecule has 0 saturated carbocycles. The predicted molar refractivity (Wildman–Crippen MR) is 103 cm³/mol. The highest BCUT2D eigenvalue weighted by Crippen LogP contribution is 2.34. The molecule has 1 atom stereocenters. The molecule has 162 valence electrons. The normalized spacial score (nSPS) is 11.7. The first-order valence-electron chi connectivity index (χ1n) is 8.54. The second kappa shape index (κ2) is 9.87. The number of esters is 2. The van der Waals surface area contributed by atoms with Gasteiger partial charge in [-0.15, -0.1) is 10.2 Å². The van der Waals surface area contributed by atoms with Crippen LogP contribution in [0.15, 0.2) is 46.6 Å². The molecule has 0 spiro atoms. The lowest BCUT2D eigenvalue weighted by Gasteiger charge is -2.14. The van der Waals surface area contributed by atoms with Crippen LogP contribution in [0.5, 0.6) is 5.75 Å². The number of azo groups is 1. The van der Waals surface area contributed by atoms with Crippen LogP contribution in [-0.2, 0) is 25.5 Å². The molecule has 0 radical (unpaired) electrons. The van der Waals surface area contributed by atoms with Gasteiger partial charge >= 0.3 is 17.6 Å². The first-order valence-corrected chi connectivity index (χ1v) is 8.54. The molecule has 2 rings (SSSR count). The van der Waals surface area contributed by atoms with Crippen LogP contribution in [-0.4, -0.2) is 40.1 Å². The third-order valence-electron chi connectivity index (χ3n) is 3.87. The minimum absolute atomic E-state index is 0.0569. The molecule has 13 nitrogen and oxygen atoms in total. The van der Waals surface area contributed by atoms with Crippen molar-refractivity contribution >= 4 is 34.7 Å². The van der Waals surface area contributed by atoms with E-state index in [-0.39, 0.29) is 23.5 Å². The van der Waals surface area contributed by atoms with E-state index >= 15 is 0 Å². The fourth-order valence-corrected chi connectivity index (χ4v) is 2.46. The Balaban J connectivity index is 2.27. The molecule has 0 saturated heterocycles. The van der Waals surface area contributed by atoms with E-state index in [9.17, 15) is 34.9 Å². The summed E-state index contributed by atoms with van der Waals surface area (Å²) >= 11 is 0. The highest BCUT2D eigenvalue weighted by molar-refractivity contribution is 5.78. The first kappa shape index (κ1) is 22.9. The van der Waals surface area contributed by atoms with Crippen LogP contribution in [0, 0.1) is 20.2 Å². The van der Waals surface area contributed by atoms with E-state index in [0.29, 0.717) is 5.56 Å². The number of nitrogens with zero attached hydrogens (tertiary/aromatic N) is 4. The summed E-state index contributed by atoms with van der Waals surface area (Å²) in [7, 11) is 1.14. The summed E-state index contributed by atoms with van der Waals surface area (Å²) in [5.41, 5.74) is -1.00. The minimum Gasteiger partial charge on any atom is -0.506 e. The van der Waals surface area contributed by atoms with E-state index in [2.05, 4.69) is 15.0 Å². The maximum absolute atomic E-state index is 11.7. The number of hydrogen-bond acceptors (Lipinski definition) is 11. The number of hydrogen-bond donors (Lipinski definition) is 1. The lowest BCUT2D eigenvalue weighted by Crippen LogP contribution is -2.29. The van der Waals surface area contributed by atoms with Crippen molar-refractivity contribution in [1.29, 1.82) is 0 Å². The zero-order valence-corrected chi connectivity index (χ0v) is 16.3. The number of nitro benzene ring substituents is 2. The Hall–Kier alpha value is -4.42. The molecule has 0 aliphatic carbocycles. The number of aromatic hydroxyl groups is 1. The molecule has 1 N–H and O–H groups in total. The minimum atomic E-state index is -1.21. The van der Waals surface area contributed by atoms with Crippen molar-refractivity contribution in [3.8, 4) is 5.75 Å². The van der Waals surface area contributed by atoms with Gasteiger partial charge in [-0.25, -0.2) is 4.79 Å². The molecule has 0 bridgehead atoms. The van der Waals surface area contributed by atoms with Crippen LogP contribution in [0.25, 0.3) is 0 Å². The third kappa shape index (κ3) is 6.03. The average molecular weight is 432 g/mol. The zero-order chi connectivity index (χ0) is 23.1. The Morgan fingerprint density at radius 3 is 2.26 bits per heavy atom. The number of benzene rings is 2. The van der Waals surface area contributed by atoms with Crippen molar-refractivity contribution < 1.29 is 34.0 Å². The number of methoxy groups -OCH3 is 1. The maximum atomic E-state index is 11.7.